The molecule has 0 radical (unpaired) electrons. The third kappa shape index (κ3) is 3.54. The Balaban J connectivity index is 1.40. The molecule has 0 amide bonds. The van der Waals surface area contributed by atoms with Crippen LogP contribution in [0.5, 0.6) is 0 Å². The zero-order valence-electron chi connectivity index (χ0n) is 17.6. The molecule has 31 heavy (non-hydrogen) atoms. The maximum atomic E-state index is 12.7. The Bertz CT molecular complexity index is 1410. The van der Waals surface area contributed by atoms with E-state index in [2.05, 4.69) is 15.3 Å². The highest BCUT2D eigenvalue weighted by Gasteiger charge is 2.12. The average Bonchev–Trinajstić information content (AvgIpc) is 3.36. The van der Waals surface area contributed by atoms with E-state index in [9.17, 15) is 4.79 Å². The number of imidazole rings is 1. The summed E-state index contributed by atoms with van der Waals surface area (Å²) in [6.07, 6.45) is 0.344. The second-order valence-corrected chi connectivity index (χ2v) is 7.89. The molecule has 1 N–H and O–H groups in total. The summed E-state index contributed by atoms with van der Waals surface area (Å²) < 4.78 is 1.75. The summed E-state index contributed by atoms with van der Waals surface area (Å²) in [6, 6.07) is 19.6. The monoisotopic (exact) mass is 410 g/mol. The molecule has 0 aliphatic carbocycles. The van der Waals surface area contributed by atoms with Gasteiger partial charge in [0.15, 0.2) is 5.78 Å². The van der Waals surface area contributed by atoms with E-state index in [1.165, 1.54) is 0 Å². The minimum absolute atomic E-state index is 0.0949. The Hall–Kier alpha value is -4.00. The quantitative estimate of drug-likeness (QED) is 0.443. The summed E-state index contributed by atoms with van der Waals surface area (Å²) in [5.41, 5.74) is 7.25. The van der Waals surface area contributed by atoms with Gasteiger partial charge in [-0.1, -0.05) is 11.3 Å². The molecular formula is C24H22N6O. The van der Waals surface area contributed by atoms with E-state index in [0.717, 1.165) is 44.7 Å². The number of nitrogens with one attached hydrogen (secondary N) is 1. The fourth-order valence-electron chi connectivity index (χ4n) is 3.72. The molecule has 7 heteroatoms. The number of anilines is 1. The lowest BCUT2D eigenvalue weighted by molar-refractivity contribution is 0.0993. The molecule has 2 heterocycles. The van der Waals surface area contributed by atoms with Crippen molar-refractivity contribution in [1.82, 2.24) is 25.0 Å². The van der Waals surface area contributed by atoms with Gasteiger partial charge in [-0.25, -0.2) is 9.67 Å². The van der Waals surface area contributed by atoms with Gasteiger partial charge in [-0.05, 0) is 60.2 Å². The molecule has 0 saturated carbocycles. The standard InChI is InChI=1S/C24H22N6O/c1-29(2)18-8-5-16(6-9-18)23(31)13-15-4-10-19-20(12-15)26-24(25-19)17-7-11-22-21(14-17)27-28-30(22)3/h4-12,14H,13H2,1-3H3,(H,25,26). The minimum atomic E-state index is 0.0949. The molecule has 0 saturated heterocycles. The number of ketones is 1. The van der Waals surface area contributed by atoms with Crippen LogP contribution in [-0.4, -0.2) is 44.8 Å². The number of rotatable bonds is 5. The SMILES string of the molecule is CN(C)c1ccc(C(=O)Cc2ccc3nc(-c4ccc5c(c4)nnn5C)[nH]c3c2)cc1. The summed E-state index contributed by atoms with van der Waals surface area (Å²) in [7, 11) is 5.83. The highest BCUT2D eigenvalue weighted by molar-refractivity contribution is 5.98. The molecule has 7 nitrogen and oxygen atoms in total. The van der Waals surface area contributed by atoms with Crippen LogP contribution in [0.25, 0.3) is 33.5 Å². The summed E-state index contributed by atoms with van der Waals surface area (Å²) in [5.74, 6) is 0.864. The number of H-pyrrole nitrogens is 1. The Morgan fingerprint density at radius 3 is 2.58 bits per heavy atom. The molecule has 0 unspecified atom stereocenters. The number of aromatic amines is 1. The largest absolute Gasteiger partial charge is 0.378 e. The van der Waals surface area contributed by atoms with Crippen LogP contribution in [0.1, 0.15) is 15.9 Å². The topological polar surface area (TPSA) is 79.7 Å². The van der Waals surface area contributed by atoms with Crippen LogP contribution in [-0.2, 0) is 13.5 Å². The van der Waals surface area contributed by atoms with E-state index in [-0.39, 0.29) is 5.78 Å². The van der Waals surface area contributed by atoms with Gasteiger partial charge in [0.2, 0.25) is 0 Å². The van der Waals surface area contributed by atoms with Crippen LogP contribution in [0.15, 0.2) is 60.7 Å². The van der Waals surface area contributed by atoms with Gasteiger partial charge in [0.05, 0.1) is 16.6 Å². The number of nitrogens with zero attached hydrogens (tertiary/aromatic N) is 5. The van der Waals surface area contributed by atoms with Gasteiger partial charge in [0.25, 0.3) is 0 Å². The van der Waals surface area contributed by atoms with Gasteiger partial charge in [-0.15, -0.1) is 5.10 Å². The number of Topliss-reactive ketones (excluding diaryl/α,β-unsaturated/α-hetero) is 1. The average molecular weight is 410 g/mol. The van der Waals surface area contributed by atoms with E-state index in [4.69, 9.17) is 4.98 Å². The predicted molar refractivity (Wildman–Crippen MR) is 122 cm³/mol. The molecule has 2 aromatic heterocycles. The first-order chi connectivity index (χ1) is 15.0. The molecule has 0 atom stereocenters. The molecule has 5 aromatic rings. The molecule has 0 aliphatic rings. The summed E-state index contributed by atoms with van der Waals surface area (Å²) in [4.78, 5) is 22.8. The molecular weight excluding hydrogens is 388 g/mol. The van der Waals surface area contributed by atoms with E-state index in [0.29, 0.717) is 12.0 Å². The number of benzene rings is 3. The van der Waals surface area contributed by atoms with Crippen LogP contribution in [0.2, 0.25) is 0 Å². The smallest absolute Gasteiger partial charge is 0.167 e. The van der Waals surface area contributed by atoms with E-state index >= 15 is 0 Å². The molecule has 3 aromatic carbocycles. The summed E-state index contributed by atoms with van der Waals surface area (Å²) in [6.45, 7) is 0. The lowest BCUT2D eigenvalue weighted by Crippen LogP contribution is -2.09. The molecule has 5 rings (SSSR count). The first kappa shape index (κ1) is 19.0. The van der Waals surface area contributed by atoms with Crippen LogP contribution >= 0.6 is 0 Å². The number of aromatic nitrogens is 5. The van der Waals surface area contributed by atoms with Gasteiger partial charge in [0.1, 0.15) is 11.3 Å². The van der Waals surface area contributed by atoms with Gasteiger partial charge in [0, 0.05) is 44.4 Å². The summed E-state index contributed by atoms with van der Waals surface area (Å²) in [5, 5.41) is 8.23. The third-order valence-electron chi connectivity index (χ3n) is 5.50. The van der Waals surface area contributed by atoms with Crippen molar-refractivity contribution in [1.29, 1.82) is 0 Å². The van der Waals surface area contributed by atoms with Crippen molar-refractivity contribution in [3.05, 3.63) is 71.8 Å². The van der Waals surface area contributed by atoms with Crippen molar-refractivity contribution < 1.29 is 4.79 Å². The Morgan fingerprint density at radius 1 is 1.00 bits per heavy atom. The Kier molecular flexibility index (Phi) is 4.51. The fourth-order valence-corrected chi connectivity index (χ4v) is 3.72. The summed E-state index contributed by atoms with van der Waals surface area (Å²) >= 11 is 0. The predicted octanol–water partition coefficient (Wildman–Crippen LogP) is 4.00. The lowest BCUT2D eigenvalue weighted by atomic mass is 10.0. The molecule has 0 bridgehead atoms. The van der Waals surface area contributed by atoms with Crippen molar-refractivity contribution in [3.8, 4) is 11.4 Å². The highest BCUT2D eigenvalue weighted by Crippen LogP contribution is 2.24. The second-order valence-electron chi connectivity index (χ2n) is 7.89. The van der Waals surface area contributed by atoms with Crippen LogP contribution in [0.4, 0.5) is 5.69 Å². The Labute approximate surface area is 179 Å². The van der Waals surface area contributed by atoms with E-state index < -0.39 is 0 Å². The number of carbonyl (C=O) groups excluding carboxylic acids is 1. The fraction of sp³-hybridized carbons (Fsp3) is 0.167. The van der Waals surface area contributed by atoms with Crippen molar-refractivity contribution in [2.45, 2.75) is 6.42 Å². The maximum absolute atomic E-state index is 12.7. The number of fused-ring (bicyclic) bond motifs is 2. The lowest BCUT2D eigenvalue weighted by Gasteiger charge is -2.12. The first-order valence-electron chi connectivity index (χ1n) is 10.1. The normalized spacial score (nSPS) is 11.3. The van der Waals surface area contributed by atoms with Crippen molar-refractivity contribution in [2.75, 3.05) is 19.0 Å². The van der Waals surface area contributed by atoms with Crippen LogP contribution in [0.3, 0.4) is 0 Å². The number of carbonyl (C=O) groups is 1. The number of hydrogen-bond donors (Lipinski definition) is 1. The molecule has 0 aliphatic heterocycles. The molecule has 0 fully saturated rings. The molecule has 154 valence electrons. The molecule has 0 spiro atoms. The van der Waals surface area contributed by atoms with Gasteiger partial charge >= 0.3 is 0 Å². The second kappa shape index (κ2) is 7.36. The van der Waals surface area contributed by atoms with Crippen LogP contribution in [0, 0.1) is 0 Å². The van der Waals surface area contributed by atoms with E-state index in [1.54, 1.807) is 4.68 Å². The van der Waals surface area contributed by atoms with Gasteiger partial charge < -0.3 is 9.88 Å². The van der Waals surface area contributed by atoms with Crippen molar-refractivity contribution >= 4 is 33.5 Å². The minimum Gasteiger partial charge on any atom is -0.378 e. The zero-order valence-corrected chi connectivity index (χ0v) is 17.6. The first-order valence-corrected chi connectivity index (χ1v) is 10.1. The van der Waals surface area contributed by atoms with Crippen LogP contribution < -0.4 is 4.90 Å². The van der Waals surface area contributed by atoms with E-state index in [1.807, 2.05) is 86.7 Å². The third-order valence-corrected chi connectivity index (χ3v) is 5.50. The highest BCUT2D eigenvalue weighted by atomic mass is 16.1. The number of hydrogen-bond acceptors (Lipinski definition) is 5. The zero-order chi connectivity index (χ0) is 21.5. The maximum Gasteiger partial charge on any atom is 0.167 e. The van der Waals surface area contributed by atoms with Gasteiger partial charge in [-0.2, -0.15) is 0 Å². The number of aryl methyl sites for hydroxylation is 1. The van der Waals surface area contributed by atoms with Crippen molar-refractivity contribution in [3.63, 3.8) is 0 Å². The van der Waals surface area contributed by atoms with Crippen molar-refractivity contribution in [2.24, 2.45) is 7.05 Å². The van der Waals surface area contributed by atoms with Gasteiger partial charge in [-0.3, -0.25) is 4.79 Å². The Morgan fingerprint density at radius 2 is 1.81 bits per heavy atom.